The number of aryl methyl sites for hydroxylation is 1. The van der Waals surface area contributed by atoms with Gasteiger partial charge in [0.05, 0.1) is 6.04 Å². The molecule has 1 atom stereocenters. The number of halogens is 1. The van der Waals surface area contributed by atoms with Crippen LogP contribution in [-0.4, -0.2) is 23.6 Å². The number of hydrogen-bond donors (Lipinski definition) is 2. The molecule has 1 unspecified atom stereocenters. The molecule has 1 aliphatic rings. The van der Waals surface area contributed by atoms with Crippen LogP contribution in [0.3, 0.4) is 0 Å². The quantitative estimate of drug-likeness (QED) is 0.857. The summed E-state index contributed by atoms with van der Waals surface area (Å²) in [4.78, 5) is 11.7. The molecule has 3 nitrogen and oxygen atoms in total. The molecule has 1 fully saturated rings. The Morgan fingerprint density at radius 2 is 2.47 bits per heavy atom. The second-order valence-corrected chi connectivity index (χ2v) is 5.10. The minimum absolute atomic E-state index is 0.0176. The number of carbonyl (C=O) groups excluding carboxylic acids is 1. The minimum atomic E-state index is -0.230. The number of amides is 1. The Labute approximate surface area is 104 Å². The number of rotatable bonds is 3. The second kappa shape index (κ2) is 5.51. The van der Waals surface area contributed by atoms with Crippen molar-refractivity contribution in [3.05, 3.63) is 35.1 Å². The number of benzene rings is 1. The fourth-order valence-electron chi connectivity index (χ4n) is 1.62. The Morgan fingerprint density at radius 1 is 1.65 bits per heavy atom. The van der Waals surface area contributed by atoms with Crippen molar-refractivity contribution < 1.29 is 9.18 Å². The Morgan fingerprint density at radius 3 is 3.12 bits per heavy atom. The van der Waals surface area contributed by atoms with Crippen LogP contribution >= 0.6 is 11.8 Å². The zero-order valence-electron chi connectivity index (χ0n) is 9.63. The van der Waals surface area contributed by atoms with Crippen LogP contribution in [0, 0.1) is 12.7 Å². The van der Waals surface area contributed by atoms with Crippen LogP contribution in [-0.2, 0) is 11.3 Å². The van der Waals surface area contributed by atoms with Gasteiger partial charge in [0.1, 0.15) is 5.82 Å². The van der Waals surface area contributed by atoms with E-state index in [9.17, 15) is 9.18 Å². The zero-order valence-corrected chi connectivity index (χ0v) is 10.4. The maximum Gasteiger partial charge on any atom is 0.238 e. The van der Waals surface area contributed by atoms with Gasteiger partial charge in [0.15, 0.2) is 0 Å². The third kappa shape index (κ3) is 3.20. The van der Waals surface area contributed by atoms with E-state index in [1.165, 1.54) is 6.07 Å². The Balaban J connectivity index is 1.88. The van der Waals surface area contributed by atoms with Crippen molar-refractivity contribution in [3.63, 3.8) is 0 Å². The molecule has 0 aromatic heterocycles. The first kappa shape index (κ1) is 12.4. The van der Waals surface area contributed by atoms with Crippen LogP contribution in [0.1, 0.15) is 11.1 Å². The lowest BCUT2D eigenvalue weighted by Gasteiger charge is -2.10. The van der Waals surface area contributed by atoms with Gasteiger partial charge in [-0.15, -0.1) is 11.8 Å². The number of thioether (sulfide) groups is 1. The Bertz CT molecular complexity index is 419. The minimum Gasteiger partial charge on any atom is -0.351 e. The topological polar surface area (TPSA) is 41.1 Å². The highest BCUT2D eigenvalue weighted by atomic mass is 32.2. The molecule has 1 aromatic carbocycles. The van der Waals surface area contributed by atoms with E-state index in [4.69, 9.17) is 0 Å². The SMILES string of the molecule is Cc1ccc(CNC(=O)C2CSCN2)cc1F. The van der Waals surface area contributed by atoms with Crippen molar-refractivity contribution in [2.24, 2.45) is 0 Å². The van der Waals surface area contributed by atoms with Gasteiger partial charge in [0, 0.05) is 18.2 Å². The molecular weight excluding hydrogens is 239 g/mol. The van der Waals surface area contributed by atoms with E-state index < -0.39 is 0 Å². The fourth-order valence-corrected chi connectivity index (χ4v) is 2.56. The van der Waals surface area contributed by atoms with E-state index >= 15 is 0 Å². The predicted molar refractivity (Wildman–Crippen MR) is 67.2 cm³/mol. The Kier molecular flexibility index (Phi) is 4.02. The van der Waals surface area contributed by atoms with Gasteiger partial charge in [-0.25, -0.2) is 4.39 Å². The summed E-state index contributed by atoms with van der Waals surface area (Å²) in [5, 5.41) is 5.90. The summed E-state index contributed by atoms with van der Waals surface area (Å²) in [6.07, 6.45) is 0. The fraction of sp³-hybridized carbons (Fsp3) is 0.417. The van der Waals surface area contributed by atoms with Gasteiger partial charge in [-0.05, 0) is 24.1 Å². The molecule has 0 aliphatic carbocycles. The summed E-state index contributed by atoms with van der Waals surface area (Å²) >= 11 is 1.70. The van der Waals surface area contributed by atoms with Gasteiger partial charge >= 0.3 is 0 Å². The first-order chi connectivity index (χ1) is 8.16. The monoisotopic (exact) mass is 254 g/mol. The number of nitrogens with one attached hydrogen (secondary N) is 2. The van der Waals surface area contributed by atoms with Crippen molar-refractivity contribution in [2.75, 3.05) is 11.6 Å². The summed E-state index contributed by atoms with van der Waals surface area (Å²) in [5.41, 5.74) is 1.40. The molecule has 0 saturated carbocycles. The normalized spacial score (nSPS) is 19.3. The number of hydrogen-bond acceptors (Lipinski definition) is 3. The Hall–Kier alpha value is -1.07. The van der Waals surface area contributed by atoms with E-state index in [1.807, 2.05) is 6.07 Å². The smallest absolute Gasteiger partial charge is 0.238 e. The summed E-state index contributed by atoms with van der Waals surface area (Å²) in [7, 11) is 0. The molecule has 17 heavy (non-hydrogen) atoms. The predicted octanol–water partition coefficient (Wildman–Crippen LogP) is 1.41. The highest BCUT2D eigenvalue weighted by molar-refractivity contribution is 7.99. The van der Waals surface area contributed by atoms with E-state index in [0.29, 0.717) is 12.1 Å². The van der Waals surface area contributed by atoms with Crippen molar-refractivity contribution in [1.82, 2.24) is 10.6 Å². The molecule has 5 heteroatoms. The van der Waals surface area contributed by atoms with Gasteiger partial charge in [-0.1, -0.05) is 12.1 Å². The summed E-state index contributed by atoms with van der Waals surface area (Å²) in [6.45, 7) is 2.09. The standard InChI is InChI=1S/C12H15FN2OS/c1-8-2-3-9(4-10(8)13)5-14-12(16)11-6-17-7-15-11/h2-4,11,15H,5-7H2,1H3,(H,14,16). The van der Waals surface area contributed by atoms with Gasteiger partial charge in [-0.3, -0.25) is 10.1 Å². The lowest BCUT2D eigenvalue weighted by molar-refractivity contribution is -0.122. The van der Waals surface area contributed by atoms with Gasteiger partial charge in [0.2, 0.25) is 5.91 Å². The summed E-state index contributed by atoms with van der Waals surface area (Å²) in [6, 6.07) is 4.90. The first-order valence-electron chi connectivity index (χ1n) is 5.50. The molecular formula is C12H15FN2OS. The van der Waals surface area contributed by atoms with E-state index in [0.717, 1.165) is 17.2 Å². The van der Waals surface area contributed by atoms with E-state index in [1.54, 1.807) is 24.8 Å². The van der Waals surface area contributed by atoms with Crippen LogP contribution in [0.2, 0.25) is 0 Å². The molecule has 1 saturated heterocycles. The molecule has 2 N–H and O–H groups in total. The molecule has 1 aliphatic heterocycles. The zero-order chi connectivity index (χ0) is 12.3. The highest BCUT2D eigenvalue weighted by Gasteiger charge is 2.21. The average Bonchev–Trinajstić information content (AvgIpc) is 2.84. The van der Waals surface area contributed by atoms with Gasteiger partial charge in [0.25, 0.3) is 0 Å². The van der Waals surface area contributed by atoms with Crippen LogP contribution < -0.4 is 10.6 Å². The van der Waals surface area contributed by atoms with Crippen LogP contribution in [0.15, 0.2) is 18.2 Å². The highest BCUT2D eigenvalue weighted by Crippen LogP contribution is 2.11. The third-order valence-corrected chi connectivity index (χ3v) is 3.68. The maximum absolute atomic E-state index is 13.3. The van der Waals surface area contributed by atoms with E-state index in [-0.39, 0.29) is 17.8 Å². The van der Waals surface area contributed by atoms with Crippen LogP contribution in [0.4, 0.5) is 4.39 Å². The van der Waals surface area contributed by atoms with E-state index in [2.05, 4.69) is 10.6 Å². The van der Waals surface area contributed by atoms with Crippen molar-refractivity contribution >= 4 is 17.7 Å². The third-order valence-electron chi connectivity index (χ3n) is 2.74. The summed E-state index contributed by atoms with van der Waals surface area (Å²) < 4.78 is 13.3. The lowest BCUT2D eigenvalue weighted by Crippen LogP contribution is -2.41. The van der Waals surface area contributed by atoms with Crippen LogP contribution in [0.25, 0.3) is 0 Å². The first-order valence-corrected chi connectivity index (χ1v) is 6.66. The number of carbonyl (C=O) groups is 1. The van der Waals surface area contributed by atoms with Gasteiger partial charge in [-0.2, -0.15) is 0 Å². The molecule has 2 rings (SSSR count). The molecule has 0 radical (unpaired) electrons. The molecule has 92 valence electrons. The molecule has 1 heterocycles. The maximum atomic E-state index is 13.3. The largest absolute Gasteiger partial charge is 0.351 e. The van der Waals surface area contributed by atoms with Crippen molar-refractivity contribution in [3.8, 4) is 0 Å². The summed E-state index contributed by atoms with van der Waals surface area (Å²) in [5.74, 6) is 1.37. The lowest BCUT2D eigenvalue weighted by atomic mass is 10.1. The van der Waals surface area contributed by atoms with Crippen molar-refractivity contribution in [1.29, 1.82) is 0 Å². The van der Waals surface area contributed by atoms with Crippen molar-refractivity contribution in [2.45, 2.75) is 19.5 Å². The van der Waals surface area contributed by atoms with Crippen LogP contribution in [0.5, 0.6) is 0 Å². The molecule has 1 amide bonds. The molecule has 0 bridgehead atoms. The average molecular weight is 254 g/mol. The van der Waals surface area contributed by atoms with Gasteiger partial charge < -0.3 is 5.32 Å². The molecule has 0 spiro atoms. The molecule has 1 aromatic rings. The second-order valence-electron chi connectivity index (χ2n) is 4.07.